The predicted octanol–water partition coefficient (Wildman–Crippen LogP) is 4.22. The molecule has 5 nitrogen and oxygen atoms in total. The molecular weight excluding hydrogens is 371 g/mol. The number of benzene rings is 1. The quantitative estimate of drug-likeness (QED) is 0.713. The molecule has 1 aliphatic heterocycles. The Morgan fingerprint density at radius 1 is 1.14 bits per heavy atom. The van der Waals surface area contributed by atoms with Crippen LogP contribution in [0.15, 0.2) is 24.3 Å². The van der Waals surface area contributed by atoms with Gasteiger partial charge in [0.05, 0.1) is 6.61 Å². The summed E-state index contributed by atoms with van der Waals surface area (Å²) in [5.41, 5.74) is -0.340. The fourth-order valence-electron chi connectivity index (χ4n) is 4.58. The molecule has 1 saturated heterocycles. The third-order valence-corrected chi connectivity index (χ3v) is 6.21. The Kier molecular flexibility index (Phi) is 6.93. The zero-order valence-corrected chi connectivity index (χ0v) is 17.8. The number of halogens is 1. The summed E-state index contributed by atoms with van der Waals surface area (Å²) in [7, 11) is 0. The van der Waals surface area contributed by atoms with Crippen molar-refractivity contribution in [3.8, 4) is 0 Å². The van der Waals surface area contributed by atoms with Crippen molar-refractivity contribution >= 4 is 11.8 Å². The Bertz CT molecular complexity index is 707. The molecule has 2 amide bonds. The number of rotatable bonds is 6. The summed E-state index contributed by atoms with van der Waals surface area (Å²) in [6.07, 6.45) is 5.12. The number of carbonyl (C=O) groups is 2. The van der Waals surface area contributed by atoms with E-state index in [4.69, 9.17) is 4.74 Å². The Labute approximate surface area is 173 Å². The molecule has 0 bridgehead atoms. The van der Waals surface area contributed by atoms with Crippen LogP contribution in [0.4, 0.5) is 4.39 Å². The molecule has 0 aromatic heterocycles. The van der Waals surface area contributed by atoms with E-state index >= 15 is 0 Å². The van der Waals surface area contributed by atoms with E-state index in [1.807, 2.05) is 18.7 Å². The van der Waals surface area contributed by atoms with Crippen LogP contribution in [0, 0.1) is 11.7 Å². The summed E-state index contributed by atoms with van der Waals surface area (Å²) in [5, 5.41) is 0. The van der Waals surface area contributed by atoms with E-state index in [0.717, 1.165) is 38.5 Å². The largest absolute Gasteiger partial charge is 0.353 e. The molecule has 0 unspecified atom stereocenters. The highest BCUT2D eigenvalue weighted by Gasteiger charge is 2.54. The maximum absolute atomic E-state index is 13.5. The van der Waals surface area contributed by atoms with Crippen LogP contribution in [-0.4, -0.2) is 53.1 Å². The maximum atomic E-state index is 13.5. The first kappa shape index (κ1) is 21.8. The summed E-state index contributed by atoms with van der Waals surface area (Å²) in [6.45, 7) is 7.88. The van der Waals surface area contributed by atoms with Gasteiger partial charge in [-0.05, 0) is 68.7 Å². The van der Waals surface area contributed by atoms with E-state index in [1.165, 1.54) is 24.3 Å². The molecule has 1 saturated carbocycles. The Balaban J connectivity index is 1.93. The highest BCUT2D eigenvalue weighted by atomic mass is 19.1. The first-order valence-electron chi connectivity index (χ1n) is 10.9. The van der Waals surface area contributed by atoms with Crippen LogP contribution in [0.25, 0.3) is 0 Å². The van der Waals surface area contributed by atoms with E-state index in [9.17, 15) is 14.0 Å². The predicted molar refractivity (Wildman–Crippen MR) is 110 cm³/mol. The first-order chi connectivity index (χ1) is 13.9. The molecular formula is C23H33FN2O3. The normalized spacial score (nSPS) is 26.7. The van der Waals surface area contributed by atoms with Crippen molar-refractivity contribution in [2.45, 2.75) is 71.1 Å². The fraction of sp³-hybridized carbons (Fsp3) is 0.652. The van der Waals surface area contributed by atoms with Crippen molar-refractivity contribution in [1.82, 2.24) is 9.80 Å². The van der Waals surface area contributed by atoms with Gasteiger partial charge in [-0.1, -0.05) is 20.8 Å². The van der Waals surface area contributed by atoms with Gasteiger partial charge in [-0.3, -0.25) is 14.5 Å². The van der Waals surface area contributed by atoms with Gasteiger partial charge in [-0.2, -0.15) is 0 Å². The summed E-state index contributed by atoms with van der Waals surface area (Å²) >= 11 is 0. The lowest BCUT2D eigenvalue weighted by atomic mass is 9.83. The highest BCUT2D eigenvalue weighted by molar-refractivity contribution is 5.98. The van der Waals surface area contributed by atoms with Gasteiger partial charge >= 0.3 is 0 Å². The molecule has 0 radical (unpaired) electrons. The topological polar surface area (TPSA) is 49.9 Å². The molecule has 29 heavy (non-hydrogen) atoms. The van der Waals surface area contributed by atoms with Gasteiger partial charge < -0.3 is 9.64 Å². The average molecular weight is 405 g/mol. The van der Waals surface area contributed by atoms with Crippen molar-refractivity contribution in [2.75, 3.05) is 19.7 Å². The van der Waals surface area contributed by atoms with Gasteiger partial charge in [0.25, 0.3) is 5.91 Å². The lowest BCUT2D eigenvalue weighted by Crippen LogP contribution is -2.57. The number of hydrogen-bond donors (Lipinski definition) is 0. The smallest absolute Gasteiger partial charge is 0.256 e. The number of ether oxygens (including phenoxy) is 1. The van der Waals surface area contributed by atoms with Crippen molar-refractivity contribution in [3.63, 3.8) is 0 Å². The minimum atomic E-state index is -0.734. The summed E-state index contributed by atoms with van der Waals surface area (Å²) in [4.78, 5) is 30.5. The average Bonchev–Trinajstić information content (AvgIpc) is 3.08. The second-order valence-electron chi connectivity index (χ2n) is 8.46. The minimum Gasteiger partial charge on any atom is -0.353 e. The van der Waals surface area contributed by atoms with Crippen molar-refractivity contribution < 1.29 is 18.7 Å². The lowest BCUT2D eigenvalue weighted by molar-refractivity contribution is -0.137. The lowest BCUT2D eigenvalue weighted by Gasteiger charge is -2.43. The standard InChI is InChI=1S/C23H33FN2O3/c1-4-14-25(15-5-2)22(28)20-16-29-23(12-10-17(3)11-13-23)26(20)21(27)18-6-8-19(24)9-7-18/h6-9,17,20H,4-5,10-16H2,1-3H3/t17?,20-,23?/m0/s1. The molecule has 2 aliphatic rings. The highest BCUT2D eigenvalue weighted by Crippen LogP contribution is 2.43. The maximum Gasteiger partial charge on any atom is 0.256 e. The van der Waals surface area contributed by atoms with Crippen LogP contribution in [0.5, 0.6) is 0 Å². The molecule has 160 valence electrons. The van der Waals surface area contributed by atoms with Gasteiger partial charge in [0, 0.05) is 18.7 Å². The van der Waals surface area contributed by atoms with E-state index in [0.29, 0.717) is 24.6 Å². The molecule has 1 aromatic rings. The second kappa shape index (κ2) is 9.24. The van der Waals surface area contributed by atoms with Crippen LogP contribution in [0.3, 0.4) is 0 Å². The van der Waals surface area contributed by atoms with Crippen molar-refractivity contribution in [2.24, 2.45) is 5.92 Å². The van der Waals surface area contributed by atoms with E-state index < -0.39 is 11.8 Å². The molecule has 3 rings (SSSR count). The van der Waals surface area contributed by atoms with Gasteiger partial charge in [-0.15, -0.1) is 0 Å². The third kappa shape index (κ3) is 4.47. The van der Waals surface area contributed by atoms with Gasteiger partial charge in [0.1, 0.15) is 17.6 Å². The van der Waals surface area contributed by atoms with E-state index in [2.05, 4.69) is 6.92 Å². The number of hydrogen-bond acceptors (Lipinski definition) is 3. The minimum absolute atomic E-state index is 0.0420. The van der Waals surface area contributed by atoms with Crippen molar-refractivity contribution in [3.05, 3.63) is 35.6 Å². The number of carbonyl (C=O) groups excluding carboxylic acids is 2. The fourth-order valence-corrected chi connectivity index (χ4v) is 4.58. The van der Waals surface area contributed by atoms with Crippen LogP contribution in [0.1, 0.15) is 69.7 Å². The zero-order chi connectivity index (χ0) is 21.0. The van der Waals surface area contributed by atoms with Crippen LogP contribution >= 0.6 is 0 Å². The molecule has 1 atom stereocenters. The molecule has 2 fully saturated rings. The summed E-state index contributed by atoms with van der Waals surface area (Å²) in [5.74, 6) is -0.0911. The molecule has 6 heteroatoms. The van der Waals surface area contributed by atoms with Crippen LogP contribution in [-0.2, 0) is 9.53 Å². The second-order valence-corrected chi connectivity index (χ2v) is 8.46. The molecule has 0 N–H and O–H groups in total. The molecule has 1 spiro atoms. The Hall–Kier alpha value is -1.95. The summed E-state index contributed by atoms with van der Waals surface area (Å²) < 4.78 is 19.6. The Morgan fingerprint density at radius 2 is 1.72 bits per heavy atom. The zero-order valence-electron chi connectivity index (χ0n) is 17.8. The van der Waals surface area contributed by atoms with Crippen LogP contribution in [0.2, 0.25) is 0 Å². The summed E-state index contributed by atoms with van der Waals surface area (Å²) in [6, 6.07) is 4.94. The van der Waals surface area contributed by atoms with Gasteiger partial charge in [0.2, 0.25) is 5.91 Å². The first-order valence-corrected chi connectivity index (χ1v) is 10.9. The SMILES string of the molecule is CCCN(CCC)C(=O)[C@@H]1COC2(CCC(C)CC2)N1C(=O)c1ccc(F)cc1. The van der Waals surface area contributed by atoms with E-state index in [1.54, 1.807) is 4.90 Å². The monoisotopic (exact) mass is 404 g/mol. The number of amides is 2. The molecule has 1 aromatic carbocycles. The molecule has 1 aliphatic carbocycles. The third-order valence-electron chi connectivity index (χ3n) is 6.21. The van der Waals surface area contributed by atoms with Crippen LogP contribution < -0.4 is 0 Å². The Morgan fingerprint density at radius 3 is 2.28 bits per heavy atom. The van der Waals surface area contributed by atoms with E-state index in [-0.39, 0.29) is 24.2 Å². The van der Waals surface area contributed by atoms with Gasteiger partial charge in [-0.25, -0.2) is 4.39 Å². The van der Waals surface area contributed by atoms with Gasteiger partial charge in [0.15, 0.2) is 0 Å². The number of nitrogens with zero attached hydrogens (tertiary/aromatic N) is 2. The molecule has 1 heterocycles. The van der Waals surface area contributed by atoms with Crippen molar-refractivity contribution in [1.29, 1.82) is 0 Å².